The first-order valence-electron chi connectivity index (χ1n) is 6.03. The lowest BCUT2D eigenvalue weighted by atomic mass is 10.3. The molecule has 1 aliphatic heterocycles. The third kappa shape index (κ3) is 3.59. The van der Waals surface area contributed by atoms with Crippen molar-refractivity contribution in [1.29, 1.82) is 0 Å². The van der Waals surface area contributed by atoms with Gasteiger partial charge in [-0.25, -0.2) is 8.78 Å². The molecular weight excluding hydrogens is 336 g/mol. The average Bonchev–Trinajstić information content (AvgIpc) is 2.78. The average molecular weight is 350 g/mol. The number of ether oxygens (including phenoxy) is 2. The second-order valence-corrected chi connectivity index (χ2v) is 5.36. The number of halogens is 3. The van der Waals surface area contributed by atoms with Crippen LogP contribution in [0.15, 0.2) is 22.7 Å². The SMILES string of the molecule is COc1ccc(Br)c(OCC(=O)N2CCC(F)(F)C2)c1. The van der Waals surface area contributed by atoms with Gasteiger partial charge in [-0.05, 0) is 28.1 Å². The zero-order valence-corrected chi connectivity index (χ0v) is 12.5. The second-order valence-electron chi connectivity index (χ2n) is 4.51. The van der Waals surface area contributed by atoms with Crippen LogP contribution in [0.25, 0.3) is 0 Å². The Bertz CT molecular complexity index is 510. The molecule has 0 saturated carbocycles. The van der Waals surface area contributed by atoms with E-state index in [1.807, 2.05) is 0 Å². The largest absolute Gasteiger partial charge is 0.497 e. The summed E-state index contributed by atoms with van der Waals surface area (Å²) in [7, 11) is 1.52. The molecule has 1 aromatic carbocycles. The maximum absolute atomic E-state index is 13.0. The van der Waals surface area contributed by atoms with Crippen molar-refractivity contribution in [3.8, 4) is 11.5 Å². The lowest BCUT2D eigenvalue weighted by Crippen LogP contribution is -2.34. The minimum absolute atomic E-state index is 0.0640. The van der Waals surface area contributed by atoms with Crippen LogP contribution >= 0.6 is 15.9 Å². The molecule has 0 bridgehead atoms. The van der Waals surface area contributed by atoms with E-state index in [4.69, 9.17) is 9.47 Å². The van der Waals surface area contributed by atoms with Gasteiger partial charge in [-0.15, -0.1) is 0 Å². The van der Waals surface area contributed by atoms with Crippen LogP contribution in [0.4, 0.5) is 8.78 Å². The van der Waals surface area contributed by atoms with Gasteiger partial charge in [0.15, 0.2) is 6.61 Å². The minimum atomic E-state index is -2.79. The maximum atomic E-state index is 13.0. The van der Waals surface area contributed by atoms with Crippen molar-refractivity contribution in [3.05, 3.63) is 22.7 Å². The Morgan fingerprint density at radius 2 is 2.25 bits per heavy atom. The van der Waals surface area contributed by atoms with Gasteiger partial charge in [0, 0.05) is 19.0 Å². The predicted octanol–water partition coefficient (Wildman–Crippen LogP) is 2.70. The molecule has 110 valence electrons. The molecule has 0 N–H and O–H groups in total. The fourth-order valence-corrected chi connectivity index (χ4v) is 2.26. The fraction of sp³-hybridized carbons (Fsp3) is 0.462. The highest BCUT2D eigenvalue weighted by Gasteiger charge is 2.40. The van der Waals surface area contributed by atoms with Gasteiger partial charge in [-0.3, -0.25) is 4.79 Å². The molecular formula is C13H14BrF2NO3. The molecule has 1 fully saturated rings. The Kier molecular flexibility index (Phi) is 4.47. The van der Waals surface area contributed by atoms with E-state index >= 15 is 0 Å². The Morgan fingerprint density at radius 1 is 1.50 bits per heavy atom. The summed E-state index contributed by atoms with van der Waals surface area (Å²) in [5.74, 6) is -2.21. The summed E-state index contributed by atoms with van der Waals surface area (Å²) in [6.07, 6.45) is -0.290. The summed E-state index contributed by atoms with van der Waals surface area (Å²) in [4.78, 5) is 12.9. The molecule has 0 spiro atoms. The topological polar surface area (TPSA) is 38.8 Å². The first-order valence-corrected chi connectivity index (χ1v) is 6.82. The van der Waals surface area contributed by atoms with Gasteiger partial charge in [-0.1, -0.05) is 0 Å². The normalized spacial score (nSPS) is 17.1. The van der Waals surface area contributed by atoms with Gasteiger partial charge < -0.3 is 14.4 Å². The van der Waals surface area contributed by atoms with Gasteiger partial charge in [0.1, 0.15) is 11.5 Å². The highest BCUT2D eigenvalue weighted by atomic mass is 79.9. The predicted molar refractivity (Wildman–Crippen MR) is 72.3 cm³/mol. The quantitative estimate of drug-likeness (QED) is 0.838. The van der Waals surface area contributed by atoms with Crippen molar-refractivity contribution in [3.63, 3.8) is 0 Å². The molecule has 0 radical (unpaired) electrons. The van der Waals surface area contributed by atoms with Crippen molar-refractivity contribution in [2.24, 2.45) is 0 Å². The zero-order valence-electron chi connectivity index (χ0n) is 10.9. The number of benzene rings is 1. The number of rotatable bonds is 4. The Balaban J connectivity index is 1.94. The molecule has 0 aliphatic carbocycles. The van der Waals surface area contributed by atoms with Crippen molar-refractivity contribution in [1.82, 2.24) is 4.90 Å². The van der Waals surface area contributed by atoms with Crippen molar-refractivity contribution >= 4 is 21.8 Å². The molecule has 1 aromatic rings. The highest BCUT2D eigenvalue weighted by Crippen LogP contribution is 2.30. The van der Waals surface area contributed by atoms with E-state index < -0.39 is 18.4 Å². The van der Waals surface area contributed by atoms with Gasteiger partial charge >= 0.3 is 0 Å². The standard InChI is InChI=1S/C13H14BrF2NO3/c1-19-9-2-3-10(14)11(6-9)20-7-12(18)17-5-4-13(15,16)8-17/h2-3,6H,4-5,7-8H2,1H3. The number of hydrogen-bond donors (Lipinski definition) is 0. The van der Waals surface area contributed by atoms with E-state index in [2.05, 4.69) is 15.9 Å². The maximum Gasteiger partial charge on any atom is 0.267 e. The van der Waals surface area contributed by atoms with Crippen LogP contribution in [0.2, 0.25) is 0 Å². The Labute approximate surface area is 123 Å². The summed E-state index contributed by atoms with van der Waals surface area (Å²) < 4.78 is 37.1. The molecule has 1 saturated heterocycles. The highest BCUT2D eigenvalue weighted by molar-refractivity contribution is 9.10. The monoisotopic (exact) mass is 349 g/mol. The van der Waals surface area contributed by atoms with E-state index in [-0.39, 0.29) is 19.6 Å². The van der Waals surface area contributed by atoms with Crippen molar-refractivity contribution in [2.75, 3.05) is 26.8 Å². The molecule has 1 heterocycles. The van der Waals surface area contributed by atoms with E-state index in [0.29, 0.717) is 16.0 Å². The molecule has 0 unspecified atom stereocenters. The molecule has 1 amide bonds. The molecule has 20 heavy (non-hydrogen) atoms. The number of carbonyl (C=O) groups is 1. The van der Waals surface area contributed by atoms with Gasteiger partial charge in [0.2, 0.25) is 0 Å². The third-order valence-electron chi connectivity index (χ3n) is 3.01. The van der Waals surface area contributed by atoms with Crippen LogP contribution in [-0.4, -0.2) is 43.5 Å². The minimum Gasteiger partial charge on any atom is -0.497 e. The third-order valence-corrected chi connectivity index (χ3v) is 3.67. The van der Waals surface area contributed by atoms with Crippen LogP contribution in [0.5, 0.6) is 11.5 Å². The molecule has 0 atom stereocenters. The number of likely N-dealkylation sites (tertiary alicyclic amines) is 1. The smallest absolute Gasteiger partial charge is 0.267 e. The van der Waals surface area contributed by atoms with E-state index in [0.717, 1.165) is 4.90 Å². The number of nitrogens with zero attached hydrogens (tertiary/aromatic N) is 1. The molecule has 1 aliphatic rings. The summed E-state index contributed by atoms with van der Waals surface area (Å²) in [6, 6.07) is 5.08. The van der Waals surface area contributed by atoms with Crippen LogP contribution in [-0.2, 0) is 4.79 Å². The van der Waals surface area contributed by atoms with Crippen molar-refractivity contribution < 1.29 is 23.0 Å². The van der Waals surface area contributed by atoms with Crippen molar-refractivity contribution in [2.45, 2.75) is 12.3 Å². The van der Waals surface area contributed by atoms with Gasteiger partial charge in [-0.2, -0.15) is 0 Å². The van der Waals surface area contributed by atoms with E-state index in [1.54, 1.807) is 18.2 Å². The Morgan fingerprint density at radius 3 is 2.85 bits per heavy atom. The molecule has 4 nitrogen and oxygen atoms in total. The molecule has 2 rings (SSSR count). The number of methoxy groups -OCH3 is 1. The fourth-order valence-electron chi connectivity index (χ4n) is 1.90. The van der Waals surface area contributed by atoms with Crippen LogP contribution in [0.1, 0.15) is 6.42 Å². The lowest BCUT2D eigenvalue weighted by molar-refractivity contribution is -0.133. The summed E-state index contributed by atoms with van der Waals surface area (Å²) in [6.45, 7) is -0.745. The number of amides is 1. The van der Waals surface area contributed by atoms with E-state index in [1.165, 1.54) is 7.11 Å². The first-order chi connectivity index (χ1) is 9.41. The molecule has 0 aromatic heterocycles. The number of hydrogen-bond acceptors (Lipinski definition) is 3. The van der Waals surface area contributed by atoms with Crippen LogP contribution < -0.4 is 9.47 Å². The lowest BCUT2D eigenvalue weighted by Gasteiger charge is -2.17. The van der Waals surface area contributed by atoms with Gasteiger partial charge in [0.05, 0.1) is 18.1 Å². The van der Waals surface area contributed by atoms with E-state index in [9.17, 15) is 13.6 Å². The van der Waals surface area contributed by atoms with Crippen LogP contribution in [0, 0.1) is 0 Å². The van der Waals surface area contributed by atoms with Gasteiger partial charge in [0.25, 0.3) is 11.8 Å². The zero-order chi connectivity index (χ0) is 14.8. The first kappa shape index (κ1) is 15.0. The summed E-state index contributed by atoms with van der Waals surface area (Å²) >= 11 is 3.29. The second kappa shape index (κ2) is 5.95. The van der Waals surface area contributed by atoms with Crippen LogP contribution in [0.3, 0.4) is 0 Å². The Hall–Kier alpha value is -1.37. The summed E-state index contributed by atoms with van der Waals surface area (Å²) in [5.41, 5.74) is 0. The number of carbonyl (C=O) groups excluding carboxylic acids is 1. The summed E-state index contributed by atoms with van der Waals surface area (Å²) in [5, 5.41) is 0. The number of alkyl halides is 2. The molecule has 7 heteroatoms.